The number of ether oxygens (including phenoxy) is 1. The van der Waals surface area contributed by atoms with Gasteiger partial charge in [-0.1, -0.05) is 17.7 Å². The van der Waals surface area contributed by atoms with E-state index in [0.717, 1.165) is 0 Å². The molecular formula is C14H18ClNO3. The largest absolute Gasteiger partial charge is 0.458 e. The zero-order valence-corrected chi connectivity index (χ0v) is 12.2. The van der Waals surface area contributed by atoms with Gasteiger partial charge in [-0.2, -0.15) is 0 Å². The van der Waals surface area contributed by atoms with Crippen molar-refractivity contribution < 1.29 is 14.3 Å². The number of rotatable bonds is 3. The number of carbonyl (C=O) groups is 2. The average Bonchev–Trinajstić information content (AvgIpc) is 2.26. The van der Waals surface area contributed by atoms with E-state index in [2.05, 4.69) is 5.32 Å². The highest BCUT2D eigenvalue weighted by molar-refractivity contribution is 6.30. The molecule has 0 unspecified atom stereocenters. The monoisotopic (exact) mass is 283 g/mol. The van der Waals surface area contributed by atoms with Gasteiger partial charge in [0.2, 0.25) is 0 Å². The van der Waals surface area contributed by atoms with Crippen LogP contribution < -0.4 is 5.32 Å². The Morgan fingerprint density at radius 2 is 1.95 bits per heavy atom. The zero-order valence-electron chi connectivity index (χ0n) is 11.5. The van der Waals surface area contributed by atoms with Crippen molar-refractivity contribution in [1.82, 2.24) is 5.32 Å². The van der Waals surface area contributed by atoms with Gasteiger partial charge in [-0.25, -0.2) is 4.79 Å². The van der Waals surface area contributed by atoms with Gasteiger partial charge in [0.05, 0.1) is 0 Å². The molecule has 0 fully saturated rings. The molecule has 1 aromatic rings. The number of halogens is 1. The second-order valence-electron chi connectivity index (χ2n) is 5.24. The van der Waals surface area contributed by atoms with Crippen molar-refractivity contribution in [3.05, 3.63) is 34.9 Å². The average molecular weight is 284 g/mol. The molecule has 0 saturated carbocycles. The van der Waals surface area contributed by atoms with E-state index >= 15 is 0 Å². The summed E-state index contributed by atoms with van der Waals surface area (Å²) in [6.07, 6.45) is 0. The number of hydrogen-bond acceptors (Lipinski definition) is 3. The normalized spacial score (nSPS) is 12.7. The molecule has 1 aromatic carbocycles. The van der Waals surface area contributed by atoms with Gasteiger partial charge >= 0.3 is 5.97 Å². The Bertz CT molecular complexity index is 480. The number of benzene rings is 1. The van der Waals surface area contributed by atoms with Gasteiger partial charge in [0, 0.05) is 10.6 Å². The molecule has 5 heteroatoms. The summed E-state index contributed by atoms with van der Waals surface area (Å²) in [7, 11) is 0. The van der Waals surface area contributed by atoms with Gasteiger partial charge < -0.3 is 10.1 Å². The van der Waals surface area contributed by atoms with Crippen LogP contribution in [0.15, 0.2) is 24.3 Å². The molecule has 0 saturated heterocycles. The summed E-state index contributed by atoms with van der Waals surface area (Å²) in [6.45, 7) is 6.90. The summed E-state index contributed by atoms with van der Waals surface area (Å²) in [4.78, 5) is 23.6. The minimum absolute atomic E-state index is 0.360. The highest BCUT2D eigenvalue weighted by Gasteiger charge is 2.23. The van der Waals surface area contributed by atoms with Crippen LogP contribution in [-0.4, -0.2) is 23.5 Å². The molecule has 0 heterocycles. The molecule has 19 heavy (non-hydrogen) atoms. The predicted molar refractivity (Wildman–Crippen MR) is 74.2 cm³/mol. The Morgan fingerprint density at radius 3 is 2.47 bits per heavy atom. The van der Waals surface area contributed by atoms with Gasteiger partial charge in [-0.3, -0.25) is 4.79 Å². The molecule has 1 amide bonds. The summed E-state index contributed by atoms with van der Waals surface area (Å²) in [6, 6.07) is 5.80. The first-order valence-electron chi connectivity index (χ1n) is 5.98. The van der Waals surface area contributed by atoms with Gasteiger partial charge in [-0.15, -0.1) is 0 Å². The van der Waals surface area contributed by atoms with E-state index in [1.165, 1.54) is 0 Å². The molecule has 0 bridgehead atoms. The van der Waals surface area contributed by atoms with Gasteiger partial charge in [0.25, 0.3) is 5.91 Å². The molecule has 0 spiro atoms. The Kier molecular flexibility index (Phi) is 4.95. The standard InChI is InChI=1S/C14H18ClNO3/c1-9(13(18)19-14(2,3)4)16-12(17)10-6-5-7-11(15)8-10/h5-9H,1-4H3,(H,16,17)/t9-/m0/s1. The van der Waals surface area contributed by atoms with Crippen LogP contribution in [-0.2, 0) is 9.53 Å². The van der Waals surface area contributed by atoms with Crippen molar-refractivity contribution in [2.75, 3.05) is 0 Å². The first kappa shape index (κ1) is 15.5. The fraction of sp³-hybridized carbons (Fsp3) is 0.429. The van der Waals surface area contributed by atoms with Crippen LogP contribution in [0.2, 0.25) is 5.02 Å². The summed E-state index contributed by atoms with van der Waals surface area (Å²) >= 11 is 5.80. The molecule has 1 atom stereocenters. The van der Waals surface area contributed by atoms with Crippen LogP contribution >= 0.6 is 11.6 Å². The molecule has 0 aromatic heterocycles. The van der Waals surface area contributed by atoms with Crippen LogP contribution in [0.1, 0.15) is 38.1 Å². The Hall–Kier alpha value is -1.55. The van der Waals surface area contributed by atoms with Crippen LogP contribution in [0, 0.1) is 0 Å². The fourth-order valence-corrected chi connectivity index (χ4v) is 1.55. The lowest BCUT2D eigenvalue weighted by molar-refractivity contribution is -0.156. The molecule has 104 valence electrons. The fourth-order valence-electron chi connectivity index (χ4n) is 1.36. The number of nitrogens with one attached hydrogen (secondary N) is 1. The Labute approximate surface area is 118 Å². The maximum Gasteiger partial charge on any atom is 0.328 e. The van der Waals surface area contributed by atoms with Gasteiger partial charge in [0.15, 0.2) is 0 Å². The highest BCUT2D eigenvalue weighted by atomic mass is 35.5. The van der Waals surface area contributed by atoms with Crippen molar-refractivity contribution in [2.24, 2.45) is 0 Å². The van der Waals surface area contributed by atoms with Gasteiger partial charge in [-0.05, 0) is 45.9 Å². The Balaban J connectivity index is 2.64. The van der Waals surface area contributed by atoms with E-state index in [1.807, 2.05) is 0 Å². The number of esters is 1. The summed E-state index contributed by atoms with van der Waals surface area (Å²) < 4.78 is 5.18. The first-order valence-corrected chi connectivity index (χ1v) is 6.36. The lowest BCUT2D eigenvalue weighted by atomic mass is 10.2. The quantitative estimate of drug-likeness (QED) is 0.868. The van der Waals surface area contributed by atoms with Crippen molar-refractivity contribution in [2.45, 2.75) is 39.3 Å². The molecule has 1 rings (SSSR count). The number of carbonyl (C=O) groups excluding carboxylic acids is 2. The molecule has 0 aliphatic heterocycles. The summed E-state index contributed by atoms with van der Waals surface area (Å²) in [5.74, 6) is -0.830. The van der Waals surface area contributed by atoms with Crippen molar-refractivity contribution in [3.8, 4) is 0 Å². The molecule has 0 radical (unpaired) electrons. The third-order valence-electron chi connectivity index (χ3n) is 2.19. The molecule has 4 nitrogen and oxygen atoms in total. The molecule has 0 aliphatic rings. The van der Waals surface area contributed by atoms with E-state index in [0.29, 0.717) is 10.6 Å². The van der Waals surface area contributed by atoms with E-state index < -0.39 is 17.6 Å². The Morgan fingerprint density at radius 1 is 1.32 bits per heavy atom. The molecule has 0 aliphatic carbocycles. The third kappa shape index (κ3) is 5.30. The van der Waals surface area contributed by atoms with Crippen LogP contribution in [0.25, 0.3) is 0 Å². The minimum Gasteiger partial charge on any atom is -0.458 e. The summed E-state index contributed by atoms with van der Waals surface area (Å²) in [5, 5.41) is 3.04. The van der Waals surface area contributed by atoms with Crippen molar-refractivity contribution in [3.63, 3.8) is 0 Å². The second kappa shape index (κ2) is 6.06. The van der Waals surface area contributed by atoms with Crippen LogP contribution in [0.5, 0.6) is 0 Å². The van der Waals surface area contributed by atoms with E-state index in [9.17, 15) is 9.59 Å². The van der Waals surface area contributed by atoms with E-state index in [-0.39, 0.29) is 5.91 Å². The van der Waals surface area contributed by atoms with Crippen molar-refractivity contribution in [1.29, 1.82) is 0 Å². The maximum atomic E-state index is 11.9. The highest BCUT2D eigenvalue weighted by Crippen LogP contribution is 2.11. The molecule has 1 N–H and O–H groups in total. The topological polar surface area (TPSA) is 55.4 Å². The zero-order chi connectivity index (χ0) is 14.6. The predicted octanol–water partition coefficient (Wildman–Crippen LogP) is 2.80. The lowest BCUT2D eigenvalue weighted by Gasteiger charge is -2.22. The SMILES string of the molecule is C[C@H](NC(=O)c1cccc(Cl)c1)C(=O)OC(C)(C)C. The minimum atomic E-state index is -0.717. The van der Waals surface area contributed by atoms with Crippen LogP contribution in [0.3, 0.4) is 0 Å². The second-order valence-corrected chi connectivity index (χ2v) is 5.68. The molecular weight excluding hydrogens is 266 g/mol. The number of hydrogen-bond donors (Lipinski definition) is 1. The number of amides is 1. The smallest absolute Gasteiger partial charge is 0.328 e. The summed E-state index contributed by atoms with van der Waals surface area (Å²) in [5.41, 5.74) is -0.172. The van der Waals surface area contributed by atoms with Crippen molar-refractivity contribution >= 4 is 23.5 Å². The van der Waals surface area contributed by atoms with Gasteiger partial charge in [0.1, 0.15) is 11.6 Å². The first-order chi connectivity index (χ1) is 8.69. The lowest BCUT2D eigenvalue weighted by Crippen LogP contribution is -2.42. The maximum absolute atomic E-state index is 11.9. The van der Waals surface area contributed by atoms with Crippen LogP contribution in [0.4, 0.5) is 0 Å². The van der Waals surface area contributed by atoms with E-state index in [4.69, 9.17) is 16.3 Å². The van der Waals surface area contributed by atoms with E-state index in [1.54, 1.807) is 52.0 Å². The third-order valence-corrected chi connectivity index (χ3v) is 2.43.